The first-order valence-corrected chi connectivity index (χ1v) is 11.4. The fraction of sp³-hybridized carbons (Fsp3) is 0.0741. The Morgan fingerprint density at radius 2 is 1.27 bits per heavy atom. The maximum absolute atomic E-state index is 9.49. The molecule has 1 aliphatic rings. The number of benzene rings is 4. The summed E-state index contributed by atoms with van der Waals surface area (Å²) in [4.78, 5) is 2.85. The topological polar surface area (TPSA) is 29.5 Å². The Kier molecular flexibility index (Phi) is 4.68. The lowest BCUT2D eigenvalue weighted by Crippen LogP contribution is -1.98. The van der Waals surface area contributed by atoms with Gasteiger partial charge < -0.3 is 9.84 Å². The van der Waals surface area contributed by atoms with Crippen LogP contribution in [0.3, 0.4) is 0 Å². The normalized spacial score (nSPS) is 12.3. The third-order valence-corrected chi connectivity index (χ3v) is 7.81. The van der Waals surface area contributed by atoms with E-state index < -0.39 is 10.5 Å². The fourth-order valence-corrected chi connectivity index (χ4v) is 6.48. The van der Waals surface area contributed by atoms with Crippen molar-refractivity contribution in [1.82, 2.24) is 0 Å². The molecule has 0 bridgehead atoms. The van der Waals surface area contributed by atoms with E-state index in [1.165, 1.54) is 26.5 Å². The Balaban J connectivity index is 1.56. The molecule has 1 aliphatic heterocycles. The lowest BCUT2D eigenvalue weighted by atomic mass is 10.1. The number of rotatable bonds is 3. The summed E-state index contributed by atoms with van der Waals surface area (Å²) >= 11 is 0. The lowest BCUT2D eigenvalue weighted by molar-refractivity contribution is 0.461. The number of fused-ring (bicyclic) bond motifs is 3. The maximum Gasteiger partial charge on any atom is 0.133 e. The Morgan fingerprint density at radius 1 is 0.733 bits per heavy atom. The van der Waals surface area contributed by atoms with Gasteiger partial charge in [-0.15, -0.1) is 0 Å². The van der Waals surface area contributed by atoms with Crippen LogP contribution >= 0.6 is 0 Å². The molecule has 4 aromatic rings. The number of ether oxygens (including phenoxy) is 1. The number of hydrogen-bond donors (Lipinski definition) is 1. The number of phenols is 1. The maximum atomic E-state index is 9.49. The van der Waals surface area contributed by atoms with Crippen LogP contribution in [0.15, 0.2) is 94.7 Å². The molecule has 4 aromatic carbocycles. The Bertz CT molecular complexity index is 1220. The van der Waals surface area contributed by atoms with Gasteiger partial charge >= 0.3 is 0 Å². The monoisotopic (exact) mass is 411 g/mol. The van der Waals surface area contributed by atoms with E-state index in [0.717, 1.165) is 22.6 Å². The van der Waals surface area contributed by atoms with E-state index in [4.69, 9.17) is 4.74 Å². The predicted octanol–water partition coefficient (Wildman–Crippen LogP) is 6.40. The molecule has 0 fully saturated rings. The van der Waals surface area contributed by atoms with Gasteiger partial charge in [-0.1, -0.05) is 34.7 Å². The third kappa shape index (κ3) is 3.31. The molecule has 30 heavy (non-hydrogen) atoms. The van der Waals surface area contributed by atoms with Gasteiger partial charge in [-0.2, -0.15) is 0 Å². The molecular weight excluding hydrogens is 388 g/mol. The van der Waals surface area contributed by atoms with E-state index in [1.807, 2.05) is 0 Å². The standard InChI is InChI=1S/C27H22O2S/c1-18-15-20(16-19(2)27(18)29-22-13-11-21(28)12-14-22)17-30-25-9-5-3-7-23(25)24-8-4-6-10-26(24)30/h3-17,28H,1-2H3/p+1. The minimum absolute atomic E-state index is 0.236. The molecule has 1 N–H and O–H groups in total. The average Bonchev–Trinajstić information content (AvgIpc) is 3.06. The zero-order chi connectivity index (χ0) is 20.7. The van der Waals surface area contributed by atoms with Gasteiger partial charge in [-0.05, 0) is 85.6 Å². The number of hydrogen-bond acceptors (Lipinski definition) is 2. The van der Waals surface area contributed by atoms with Gasteiger partial charge in [0.05, 0.1) is 5.37 Å². The minimum atomic E-state index is -0.533. The lowest BCUT2D eigenvalue weighted by Gasteiger charge is -2.13. The molecule has 0 unspecified atom stereocenters. The van der Waals surface area contributed by atoms with Crippen molar-refractivity contribution in [2.75, 3.05) is 0 Å². The van der Waals surface area contributed by atoms with Gasteiger partial charge in [0.25, 0.3) is 0 Å². The molecule has 0 spiro atoms. The highest BCUT2D eigenvalue weighted by molar-refractivity contribution is 7.96. The van der Waals surface area contributed by atoms with Gasteiger partial charge in [0, 0.05) is 16.7 Å². The molecule has 3 heteroatoms. The Hall–Kier alpha value is -3.30. The summed E-state index contributed by atoms with van der Waals surface area (Å²) < 4.78 is 6.11. The van der Waals surface area contributed by atoms with Gasteiger partial charge in [0.15, 0.2) is 0 Å². The smallest absolute Gasteiger partial charge is 0.133 e. The second kappa shape index (κ2) is 7.51. The van der Waals surface area contributed by atoms with Crippen molar-refractivity contribution >= 4 is 15.9 Å². The molecule has 0 saturated carbocycles. The van der Waals surface area contributed by atoms with Crippen LogP contribution < -0.4 is 4.74 Å². The zero-order valence-corrected chi connectivity index (χ0v) is 17.9. The van der Waals surface area contributed by atoms with Crippen molar-refractivity contribution in [2.24, 2.45) is 0 Å². The highest BCUT2D eigenvalue weighted by atomic mass is 32.2. The van der Waals surface area contributed by atoms with Crippen LogP contribution in [0.2, 0.25) is 0 Å². The molecule has 0 atom stereocenters. The van der Waals surface area contributed by atoms with Gasteiger partial charge in [0.1, 0.15) is 27.0 Å². The zero-order valence-electron chi connectivity index (χ0n) is 17.0. The quantitative estimate of drug-likeness (QED) is 0.211. The van der Waals surface area contributed by atoms with E-state index >= 15 is 0 Å². The average molecular weight is 412 g/mol. The van der Waals surface area contributed by atoms with Crippen LogP contribution in [0, 0.1) is 13.8 Å². The van der Waals surface area contributed by atoms with E-state index in [1.54, 1.807) is 24.3 Å². The predicted molar refractivity (Wildman–Crippen MR) is 126 cm³/mol. The van der Waals surface area contributed by atoms with Crippen molar-refractivity contribution in [2.45, 2.75) is 23.6 Å². The van der Waals surface area contributed by atoms with E-state index in [-0.39, 0.29) is 5.75 Å². The summed E-state index contributed by atoms with van der Waals surface area (Å²) in [6.45, 7) is 4.17. The molecule has 0 aromatic heterocycles. The molecule has 0 saturated heterocycles. The van der Waals surface area contributed by atoms with Gasteiger partial charge in [0.2, 0.25) is 0 Å². The van der Waals surface area contributed by atoms with Crippen LogP contribution in [-0.4, -0.2) is 10.5 Å². The molecule has 5 rings (SSSR count). The highest BCUT2D eigenvalue weighted by Gasteiger charge is 2.27. The molecule has 0 amide bonds. The number of phenolic OH excluding ortho intramolecular Hbond substituents is 1. The second-order valence-corrected chi connectivity index (χ2v) is 9.58. The van der Waals surface area contributed by atoms with E-state index in [0.29, 0.717) is 0 Å². The number of thiol groups is 1. The summed E-state index contributed by atoms with van der Waals surface area (Å²) in [6.07, 6.45) is 0. The van der Waals surface area contributed by atoms with E-state index in [2.05, 4.69) is 79.9 Å². The summed E-state index contributed by atoms with van der Waals surface area (Å²) in [5, 5.41) is 11.9. The molecule has 0 radical (unpaired) electrons. The Labute approximate surface area is 179 Å². The molecular formula is C27H23O2S+. The second-order valence-electron chi connectivity index (χ2n) is 7.61. The van der Waals surface area contributed by atoms with Gasteiger partial charge in [-0.25, -0.2) is 0 Å². The first-order chi connectivity index (χ1) is 14.6. The highest BCUT2D eigenvalue weighted by Crippen LogP contribution is 2.41. The summed E-state index contributed by atoms with van der Waals surface area (Å²) in [7, 11) is -0.533. The van der Waals surface area contributed by atoms with E-state index in [9.17, 15) is 5.11 Å². The molecule has 148 valence electrons. The van der Waals surface area contributed by atoms with Crippen molar-refractivity contribution in [3.63, 3.8) is 0 Å². The fourth-order valence-electron chi connectivity index (χ4n) is 4.09. The summed E-state index contributed by atoms with van der Waals surface area (Å²) in [6, 6.07) is 28.8. The van der Waals surface area contributed by atoms with Crippen LogP contribution in [0.1, 0.15) is 16.7 Å². The third-order valence-electron chi connectivity index (χ3n) is 5.43. The SMILES string of the molecule is Cc1cc(C=[SH+]2c3ccccc3-c3ccccc32)cc(C)c1Oc1ccc(O)cc1. The minimum Gasteiger partial charge on any atom is -0.508 e. The van der Waals surface area contributed by atoms with Crippen molar-refractivity contribution < 1.29 is 9.84 Å². The molecule has 0 aliphatic carbocycles. The van der Waals surface area contributed by atoms with Crippen molar-refractivity contribution in [1.29, 1.82) is 0 Å². The Morgan fingerprint density at radius 3 is 1.83 bits per heavy atom. The van der Waals surface area contributed by atoms with Crippen LogP contribution in [0.4, 0.5) is 0 Å². The summed E-state index contributed by atoms with van der Waals surface area (Å²) in [5.74, 6) is 1.83. The van der Waals surface area contributed by atoms with Crippen LogP contribution in [-0.2, 0) is 10.5 Å². The first kappa shape index (κ1) is 18.7. The largest absolute Gasteiger partial charge is 0.508 e. The number of aryl methyl sites for hydroxylation is 2. The molecule has 2 nitrogen and oxygen atoms in total. The van der Waals surface area contributed by atoms with Gasteiger partial charge in [-0.3, -0.25) is 0 Å². The first-order valence-electron chi connectivity index (χ1n) is 10.0. The van der Waals surface area contributed by atoms with Crippen molar-refractivity contribution in [3.05, 3.63) is 102 Å². The number of aromatic hydroxyl groups is 1. The van der Waals surface area contributed by atoms with Crippen molar-refractivity contribution in [3.8, 4) is 28.4 Å². The molecule has 1 heterocycles. The van der Waals surface area contributed by atoms with Crippen LogP contribution in [0.5, 0.6) is 17.2 Å². The summed E-state index contributed by atoms with van der Waals surface area (Å²) in [5.41, 5.74) is 6.14. The van der Waals surface area contributed by atoms with Crippen LogP contribution in [0.25, 0.3) is 11.1 Å².